The molecule has 23 heavy (non-hydrogen) atoms. The molecule has 4 heteroatoms. The molecule has 1 saturated heterocycles. The van der Waals surface area contributed by atoms with Crippen LogP contribution in [0.5, 0.6) is 5.75 Å². The summed E-state index contributed by atoms with van der Waals surface area (Å²) >= 11 is 0. The Morgan fingerprint density at radius 2 is 1.65 bits per heavy atom. The van der Waals surface area contributed by atoms with Crippen molar-refractivity contribution in [1.29, 1.82) is 0 Å². The number of benzene rings is 2. The molecule has 0 spiro atoms. The number of hydrogen-bond donors (Lipinski definition) is 0. The zero-order valence-corrected chi connectivity index (χ0v) is 13.2. The fourth-order valence-electron chi connectivity index (χ4n) is 3.15. The Balaban J connectivity index is 1.78. The summed E-state index contributed by atoms with van der Waals surface area (Å²) in [5.41, 5.74) is 3.39. The lowest BCUT2D eigenvalue weighted by Gasteiger charge is -2.24. The Morgan fingerprint density at radius 1 is 0.957 bits per heavy atom. The first-order valence-corrected chi connectivity index (χ1v) is 8.03. The van der Waals surface area contributed by atoms with Crippen molar-refractivity contribution in [3.05, 3.63) is 54.1 Å². The van der Waals surface area contributed by atoms with E-state index < -0.39 is 6.61 Å². The summed E-state index contributed by atoms with van der Waals surface area (Å²) in [6.45, 7) is 1.77. The Hall–Kier alpha value is -1.94. The Morgan fingerprint density at radius 3 is 2.30 bits per heavy atom. The second-order valence-electron chi connectivity index (χ2n) is 5.95. The first-order valence-electron chi connectivity index (χ1n) is 8.03. The smallest absolute Gasteiger partial charge is 0.387 e. The van der Waals surface area contributed by atoms with Gasteiger partial charge in [0.25, 0.3) is 0 Å². The van der Waals surface area contributed by atoms with Gasteiger partial charge in [0.15, 0.2) is 0 Å². The molecule has 1 atom stereocenters. The van der Waals surface area contributed by atoms with E-state index in [1.165, 1.54) is 18.4 Å². The Labute approximate surface area is 135 Å². The second-order valence-corrected chi connectivity index (χ2v) is 5.95. The summed E-state index contributed by atoms with van der Waals surface area (Å²) in [4.78, 5) is 2.50. The van der Waals surface area contributed by atoms with Crippen LogP contribution in [-0.2, 0) is 0 Å². The van der Waals surface area contributed by atoms with E-state index in [0.29, 0.717) is 6.04 Å². The molecule has 2 aromatic rings. The molecule has 0 aromatic heterocycles. The van der Waals surface area contributed by atoms with Crippen molar-refractivity contribution in [1.82, 2.24) is 4.90 Å². The van der Waals surface area contributed by atoms with Crippen LogP contribution >= 0.6 is 0 Å². The van der Waals surface area contributed by atoms with Crippen LogP contribution in [0.4, 0.5) is 8.78 Å². The molecule has 1 heterocycles. The largest absolute Gasteiger partial charge is 0.435 e. The third kappa shape index (κ3) is 3.88. The Bertz CT molecular complexity index is 636. The SMILES string of the molecule is C[C@H](c1cccc(-c2ccc(OC(F)F)cc2)c1)N1CCCC1. The molecule has 0 saturated carbocycles. The summed E-state index contributed by atoms with van der Waals surface area (Å²) in [6, 6.07) is 15.6. The normalized spacial score (nSPS) is 16.7. The molecule has 0 N–H and O–H groups in total. The fraction of sp³-hybridized carbons (Fsp3) is 0.368. The summed E-state index contributed by atoms with van der Waals surface area (Å²) in [5, 5.41) is 0. The molecular formula is C19H21F2NO. The van der Waals surface area contributed by atoms with E-state index in [-0.39, 0.29) is 5.75 Å². The predicted molar refractivity (Wildman–Crippen MR) is 87.7 cm³/mol. The van der Waals surface area contributed by atoms with E-state index in [0.717, 1.165) is 24.2 Å². The third-order valence-corrected chi connectivity index (χ3v) is 4.47. The number of halogens is 2. The fourth-order valence-corrected chi connectivity index (χ4v) is 3.15. The number of alkyl halides is 2. The molecule has 2 aromatic carbocycles. The van der Waals surface area contributed by atoms with Crippen molar-refractivity contribution in [2.75, 3.05) is 13.1 Å². The van der Waals surface area contributed by atoms with Gasteiger partial charge in [-0.05, 0) is 67.7 Å². The van der Waals surface area contributed by atoms with Gasteiger partial charge in [-0.3, -0.25) is 4.90 Å². The predicted octanol–water partition coefficient (Wildman–Crippen LogP) is 5.11. The van der Waals surface area contributed by atoms with Gasteiger partial charge >= 0.3 is 6.61 Å². The minimum atomic E-state index is -2.79. The lowest BCUT2D eigenvalue weighted by atomic mass is 9.99. The molecule has 1 aliphatic heterocycles. The van der Waals surface area contributed by atoms with E-state index >= 15 is 0 Å². The topological polar surface area (TPSA) is 12.5 Å². The number of likely N-dealkylation sites (tertiary alicyclic amines) is 1. The summed E-state index contributed by atoms with van der Waals surface area (Å²) < 4.78 is 28.8. The number of hydrogen-bond acceptors (Lipinski definition) is 2. The van der Waals surface area contributed by atoms with E-state index in [1.807, 2.05) is 18.2 Å². The van der Waals surface area contributed by atoms with Gasteiger partial charge in [0.2, 0.25) is 0 Å². The summed E-state index contributed by atoms with van der Waals surface area (Å²) in [7, 11) is 0. The molecule has 1 aliphatic rings. The third-order valence-electron chi connectivity index (χ3n) is 4.47. The summed E-state index contributed by atoms with van der Waals surface area (Å²) in [6.07, 6.45) is 2.55. The molecule has 0 unspecified atom stereocenters. The van der Waals surface area contributed by atoms with Gasteiger partial charge in [-0.15, -0.1) is 0 Å². The van der Waals surface area contributed by atoms with Crippen LogP contribution in [0, 0.1) is 0 Å². The van der Waals surface area contributed by atoms with Gasteiger partial charge in [0.05, 0.1) is 0 Å². The van der Waals surface area contributed by atoms with E-state index in [9.17, 15) is 8.78 Å². The quantitative estimate of drug-likeness (QED) is 0.759. The first-order chi connectivity index (χ1) is 11.1. The summed E-state index contributed by atoms with van der Waals surface area (Å²) in [5.74, 6) is 0.185. The molecule has 0 bridgehead atoms. The van der Waals surface area contributed by atoms with E-state index in [1.54, 1.807) is 12.1 Å². The first kappa shape index (κ1) is 15.9. The van der Waals surface area contributed by atoms with Crippen LogP contribution in [0.15, 0.2) is 48.5 Å². The monoisotopic (exact) mass is 317 g/mol. The molecule has 122 valence electrons. The van der Waals surface area contributed by atoms with Crippen LogP contribution in [0.25, 0.3) is 11.1 Å². The van der Waals surface area contributed by atoms with Crippen molar-refractivity contribution in [3.8, 4) is 16.9 Å². The lowest BCUT2D eigenvalue weighted by molar-refractivity contribution is -0.0498. The maximum Gasteiger partial charge on any atom is 0.387 e. The lowest BCUT2D eigenvalue weighted by Crippen LogP contribution is -2.23. The molecule has 3 rings (SSSR count). The molecule has 0 radical (unpaired) electrons. The maximum absolute atomic E-state index is 12.2. The maximum atomic E-state index is 12.2. The standard InChI is InChI=1S/C19H21F2NO/c1-14(22-11-2-3-12-22)16-5-4-6-17(13-16)15-7-9-18(10-8-15)23-19(20)21/h4-10,13-14,19H,2-3,11-12H2,1H3/t14-/m1/s1. The Kier molecular flexibility index (Phi) is 4.91. The van der Waals surface area contributed by atoms with Crippen molar-refractivity contribution < 1.29 is 13.5 Å². The highest BCUT2D eigenvalue weighted by atomic mass is 19.3. The van der Waals surface area contributed by atoms with Crippen LogP contribution in [0.1, 0.15) is 31.4 Å². The average Bonchev–Trinajstić information content (AvgIpc) is 3.09. The molecule has 2 nitrogen and oxygen atoms in total. The minimum Gasteiger partial charge on any atom is -0.435 e. The minimum absolute atomic E-state index is 0.185. The van der Waals surface area contributed by atoms with E-state index in [2.05, 4.69) is 34.8 Å². The van der Waals surface area contributed by atoms with Gasteiger partial charge in [-0.2, -0.15) is 8.78 Å². The molecule has 0 aliphatic carbocycles. The molecular weight excluding hydrogens is 296 g/mol. The molecule has 0 amide bonds. The van der Waals surface area contributed by atoms with Crippen LogP contribution in [-0.4, -0.2) is 24.6 Å². The van der Waals surface area contributed by atoms with Crippen molar-refractivity contribution in [2.45, 2.75) is 32.4 Å². The zero-order chi connectivity index (χ0) is 16.2. The average molecular weight is 317 g/mol. The van der Waals surface area contributed by atoms with Crippen molar-refractivity contribution in [2.24, 2.45) is 0 Å². The highest BCUT2D eigenvalue weighted by molar-refractivity contribution is 5.65. The van der Waals surface area contributed by atoms with Crippen molar-refractivity contribution in [3.63, 3.8) is 0 Å². The van der Waals surface area contributed by atoms with Gasteiger partial charge in [-0.25, -0.2) is 0 Å². The van der Waals surface area contributed by atoms with Crippen LogP contribution in [0.2, 0.25) is 0 Å². The van der Waals surface area contributed by atoms with Gasteiger partial charge in [0.1, 0.15) is 5.75 Å². The highest BCUT2D eigenvalue weighted by Crippen LogP contribution is 2.29. The number of ether oxygens (including phenoxy) is 1. The number of rotatable bonds is 5. The van der Waals surface area contributed by atoms with E-state index in [4.69, 9.17) is 0 Å². The van der Waals surface area contributed by atoms with Crippen LogP contribution < -0.4 is 4.74 Å². The highest BCUT2D eigenvalue weighted by Gasteiger charge is 2.19. The molecule has 1 fully saturated rings. The van der Waals surface area contributed by atoms with Gasteiger partial charge in [-0.1, -0.05) is 30.3 Å². The van der Waals surface area contributed by atoms with Gasteiger partial charge in [0, 0.05) is 6.04 Å². The van der Waals surface area contributed by atoms with Gasteiger partial charge < -0.3 is 4.74 Å². The second kappa shape index (κ2) is 7.09. The zero-order valence-electron chi connectivity index (χ0n) is 13.2. The number of nitrogens with zero attached hydrogens (tertiary/aromatic N) is 1. The van der Waals surface area contributed by atoms with Crippen molar-refractivity contribution >= 4 is 0 Å². The van der Waals surface area contributed by atoms with Crippen LogP contribution in [0.3, 0.4) is 0 Å².